The number of hydrogen-bond donors (Lipinski definition) is 1. The van der Waals surface area contributed by atoms with Gasteiger partial charge in [0.25, 0.3) is 6.43 Å². The van der Waals surface area contributed by atoms with Gasteiger partial charge in [0.15, 0.2) is 0 Å². The number of halogens is 2. The predicted octanol–water partition coefficient (Wildman–Crippen LogP) is 2.09. The van der Waals surface area contributed by atoms with Crippen LogP contribution in [-0.4, -0.2) is 17.6 Å². The minimum atomic E-state index is -2.78. The highest BCUT2D eigenvalue weighted by Crippen LogP contribution is 2.27. The van der Waals surface area contributed by atoms with Crippen molar-refractivity contribution < 1.29 is 18.3 Å². The van der Waals surface area contributed by atoms with E-state index in [1.165, 1.54) is 6.92 Å². The third kappa shape index (κ3) is 2.44. The summed E-state index contributed by atoms with van der Waals surface area (Å²) in [5.74, 6) is -0.792. The van der Waals surface area contributed by atoms with Gasteiger partial charge in [-0.25, -0.2) is 18.6 Å². The van der Waals surface area contributed by atoms with Gasteiger partial charge in [0.2, 0.25) is 0 Å². The Kier molecular flexibility index (Phi) is 3.76. The third-order valence-corrected chi connectivity index (χ3v) is 1.98. The van der Waals surface area contributed by atoms with Gasteiger partial charge in [0.1, 0.15) is 5.82 Å². The third-order valence-electron chi connectivity index (χ3n) is 1.98. The number of carbonyl (C=O) groups excluding carboxylic acids is 1. The van der Waals surface area contributed by atoms with E-state index in [0.717, 1.165) is 6.07 Å². The first-order valence-corrected chi connectivity index (χ1v) is 4.69. The summed E-state index contributed by atoms with van der Waals surface area (Å²) < 4.78 is 30.1. The van der Waals surface area contributed by atoms with Crippen LogP contribution in [-0.2, 0) is 4.74 Å². The van der Waals surface area contributed by atoms with Crippen molar-refractivity contribution in [1.29, 1.82) is 0 Å². The Morgan fingerprint density at radius 1 is 1.62 bits per heavy atom. The lowest BCUT2D eigenvalue weighted by molar-refractivity contribution is 0.0515. The molecule has 6 heteroatoms. The molecule has 0 aliphatic rings. The zero-order valence-electron chi connectivity index (χ0n) is 8.96. The van der Waals surface area contributed by atoms with Gasteiger partial charge in [0, 0.05) is 5.69 Å². The molecule has 0 saturated carbocycles. The van der Waals surface area contributed by atoms with E-state index in [1.54, 1.807) is 6.92 Å². The normalized spacial score (nSPS) is 10.6. The van der Waals surface area contributed by atoms with E-state index in [-0.39, 0.29) is 23.7 Å². The van der Waals surface area contributed by atoms with E-state index < -0.39 is 18.0 Å². The molecule has 2 N–H and O–H groups in total. The molecule has 4 nitrogen and oxygen atoms in total. The van der Waals surface area contributed by atoms with Crippen LogP contribution < -0.4 is 5.73 Å². The molecule has 16 heavy (non-hydrogen) atoms. The van der Waals surface area contributed by atoms with Gasteiger partial charge in [0.05, 0.1) is 17.7 Å². The lowest BCUT2D eigenvalue weighted by Crippen LogP contribution is -2.12. The summed E-state index contributed by atoms with van der Waals surface area (Å²) in [4.78, 5) is 15.1. The van der Waals surface area contributed by atoms with Crippen LogP contribution in [0.25, 0.3) is 0 Å². The molecule has 0 saturated heterocycles. The van der Waals surface area contributed by atoms with Crippen molar-refractivity contribution in [2.75, 3.05) is 12.3 Å². The monoisotopic (exact) mass is 230 g/mol. The van der Waals surface area contributed by atoms with Crippen molar-refractivity contribution in [3.8, 4) is 0 Å². The summed E-state index contributed by atoms with van der Waals surface area (Å²) in [6.45, 7) is 3.08. The lowest BCUT2D eigenvalue weighted by Gasteiger charge is -2.11. The molecule has 0 aliphatic carbocycles. The minimum Gasteiger partial charge on any atom is -0.462 e. The quantitative estimate of drug-likeness (QED) is 0.807. The number of aryl methyl sites for hydroxylation is 1. The summed E-state index contributed by atoms with van der Waals surface area (Å²) in [7, 11) is 0. The Morgan fingerprint density at radius 3 is 2.75 bits per heavy atom. The average molecular weight is 230 g/mol. The zero-order valence-corrected chi connectivity index (χ0v) is 8.96. The van der Waals surface area contributed by atoms with Crippen LogP contribution in [0.15, 0.2) is 6.07 Å². The number of esters is 1. The highest BCUT2D eigenvalue weighted by atomic mass is 19.3. The number of pyridine rings is 1. The van der Waals surface area contributed by atoms with E-state index >= 15 is 0 Å². The van der Waals surface area contributed by atoms with Gasteiger partial charge >= 0.3 is 5.97 Å². The molecule has 0 atom stereocenters. The first-order valence-electron chi connectivity index (χ1n) is 4.69. The molecule has 1 aromatic heterocycles. The first-order chi connectivity index (χ1) is 7.47. The van der Waals surface area contributed by atoms with Crippen LogP contribution in [0.2, 0.25) is 0 Å². The number of aromatic nitrogens is 1. The summed E-state index contributed by atoms with van der Waals surface area (Å²) >= 11 is 0. The van der Waals surface area contributed by atoms with Crippen LogP contribution in [0.3, 0.4) is 0 Å². The standard InChI is InChI=1S/C10H12F2N2O2/c1-3-16-10(15)6-4-7(13)14-5(2)8(6)9(11)12/h4,9H,3H2,1-2H3,(H2,13,14). The Morgan fingerprint density at radius 2 is 2.25 bits per heavy atom. The number of ether oxygens (including phenoxy) is 1. The first kappa shape index (κ1) is 12.4. The van der Waals surface area contributed by atoms with Crippen LogP contribution in [0.5, 0.6) is 0 Å². The highest BCUT2D eigenvalue weighted by Gasteiger charge is 2.23. The van der Waals surface area contributed by atoms with Crippen LogP contribution in [0.1, 0.15) is 35.0 Å². The molecule has 1 heterocycles. The maximum absolute atomic E-state index is 12.7. The second-order valence-electron chi connectivity index (χ2n) is 3.11. The zero-order chi connectivity index (χ0) is 12.3. The largest absolute Gasteiger partial charge is 0.462 e. The fraction of sp³-hybridized carbons (Fsp3) is 0.400. The molecule has 1 aromatic rings. The minimum absolute atomic E-state index is 0.0185. The summed E-state index contributed by atoms with van der Waals surface area (Å²) in [5, 5.41) is 0. The van der Waals surface area contributed by atoms with Gasteiger partial charge < -0.3 is 10.5 Å². The molecule has 0 fully saturated rings. The molecule has 0 aliphatic heterocycles. The summed E-state index contributed by atoms with van der Waals surface area (Å²) in [6.07, 6.45) is -2.78. The number of rotatable bonds is 3. The SMILES string of the molecule is CCOC(=O)c1cc(N)nc(C)c1C(F)F. The molecular formula is C10H12F2N2O2. The van der Waals surface area contributed by atoms with Crippen molar-refractivity contribution in [2.45, 2.75) is 20.3 Å². The number of nitrogens with zero attached hydrogens (tertiary/aromatic N) is 1. The molecule has 1 rings (SSSR count). The molecule has 0 bridgehead atoms. The van der Waals surface area contributed by atoms with Crippen LogP contribution >= 0.6 is 0 Å². The van der Waals surface area contributed by atoms with E-state index in [0.29, 0.717) is 0 Å². The van der Waals surface area contributed by atoms with Crippen LogP contribution in [0, 0.1) is 6.92 Å². The van der Waals surface area contributed by atoms with Crippen molar-refractivity contribution in [2.24, 2.45) is 0 Å². The second-order valence-corrected chi connectivity index (χ2v) is 3.11. The molecule has 0 aromatic carbocycles. The van der Waals surface area contributed by atoms with E-state index in [1.807, 2.05) is 0 Å². The van der Waals surface area contributed by atoms with Crippen molar-refractivity contribution >= 4 is 11.8 Å². The van der Waals surface area contributed by atoms with E-state index in [4.69, 9.17) is 5.73 Å². The predicted molar refractivity (Wildman–Crippen MR) is 54.3 cm³/mol. The smallest absolute Gasteiger partial charge is 0.338 e. The van der Waals surface area contributed by atoms with Crippen molar-refractivity contribution in [1.82, 2.24) is 4.98 Å². The Bertz CT molecular complexity index is 408. The number of anilines is 1. The van der Waals surface area contributed by atoms with E-state index in [9.17, 15) is 13.6 Å². The molecule has 0 amide bonds. The van der Waals surface area contributed by atoms with Crippen molar-refractivity contribution in [3.63, 3.8) is 0 Å². The number of hydrogen-bond acceptors (Lipinski definition) is 4. The molecule has 88 valence electrons. The maximum atomic E-state index is 12.7. The van der Waals surface area contributed by atoms with Gasteiger partial charge in [-0.3, -0.25) is 0 Å². The van der Waals surface area contributed by atoms with E-state index in [2.05, 4.69) is 9.72 Å². The topological polar surface area (TPSA) is 65.2 Å². The summed E-state index contributed by atoms with van der Waals surface area (Å²) in [5.41, 5.74) is 4.79. The second kappa shape index (κ2) is 4.87. The number of alkyl halides is 2. The van der Waals surface area contributed by atoms with Gasteiger partial charge in [-0.05, 0) is 19.9 Å². The van der Waals surface area contributed by atoms with Crippen molar-refractivity contribution in [3.05, 3.63) is 22.9 Å². The van der Waals surface area contributed by atoms with Gasteiger partial charge in [-0.1, -0.05) is 0 Å². The van der Waals surface area contributed by atoms with Crippen LogP contribution in [0.4, 0.5) is 14.6 Å². The fourth-order valence-corrected chi connectivity index (χ4v) is 1.36. The summed E-state index contributed by atoms with van der Waals surface area (Å²) in [6, 6.07) is 1.10. The average Bonchev–Trinajstić information content (AvgIpc) is 2.15. The molecule has 0 unspecified atom stereocenters. The highest BCUT2D eigenvalue weighted by molar-refractivity contribution is 5.92. The lowest BCUT2D eigenvalue weighted by atomic mass is 10.1. The Hall–Kier alpha value is -1.72. The Balaban J connectivity index is 3.29. The number of carbonyl (C=O) groups is 1. The van der Waals surface area contributed by atoms with Gasteiger partial charge in [-0.15, -0.1) is 0 Å². The number of nitrogen functional groups attached to an aromatic ring is 1. The molecule has 0 radical (unpaired) electrons. The van der Waals surface area contributed by atoms with Gasteiger partial charge in [-0.2, -0.15) is 0 Å². The maximum Gasteiger partial charge on any atom is 0.338 e. The number of nitrogens with two attached hydrogens (primary N) is 1. The Labute approximate surface area is 91.4 Å². The molecule has 0 spiro atoms. The molecular weight excluding hydrogens is 218 g/mol. The fourth-order valence-electron chi connectivity index (χ4n) is 1.36.